The Kier molecular flexibility index (Phi) is 6.31. The van der Waals surface area contributed by atoms with Gasteiger partial charge in [0.2, 0.25) is 5.91 Å². The van der Waals surface area contributed by atoms with Gasteiger partial charge in [-0.05, 0) is 48.4 Å². The van der Waals surface area contributed by atoms with Gasteiger partial charge < -0.3 is 14.5 Å². The van der Waals surface area contributed by atoms with Gasteiger partial charge >= 0.3 is 0 Å². The summed E-state index contributed by atoms with van der Waals surface area (Å²) < 4.78 is 10.9. The van der Waals surface area contributed by atoms with Crippen LogP contribution >= 0.6 is 11.8 Å². The van der Waals surface area contributed by atoms with Gasteiger partial charge in [0.05, 0.1) is 23.5 Å². The van der Waals surface area contributed by atoms with Crippen molar-refractivity contribution in [3.63, 3.8) is 0 Å². The standard InChI is InChI=1S/C22H18N4O5S/c1-30-17-7-5-15(6-8-17)19-10-9-18(31-19)13-23-25-22-24-21(27)20(32-22)12-14-3-2-4-16(11-14)26(28)29/h2-11,13,20H,12H2,1H3,(H,24,25,27)/b23-13+. The molecule has 1 aliphatic rings. The van der Waals surface area contributed by atoms with Crippen LogP contribution in [0.15, 0.2) is 75.3 Å². The molecule has 162 valence electrons. The summed E-state index contributed by atoms with van der Waals surface area (Å²) in [5, 5.41) is 21.6. The molecule has 0 spiro atoms. The summed E-state index contributed by atoms with van der Waals surface area (Å²) in [6.45, 7) is 0. The SMILES string of the molecule is COc1ccc(-c2ccc(/C=N/N=C3NC(=O)C(Cc4cccc([N+](=O)[O-])c4)S3)o2)cc1. The Bertz CT molecular complexity index is 1200. The maximum Gasteiger partial charge on any atom is 0.269 e. The van der Waals surface area contributed by atoms with Gasteiger partial charge in [-0.1, -0.05) is 23.9 Å². The first-order valence-electron chi connectivity index (χ1n) is 9.58. The highest BCUT2D eigenvalue weighted by Crippen LogP contribution is 2.26. The number of furan rings is 1. The maximum atomic E-state index is 12.2. The number of carbonyl (C=O) groups excluding carboxylic acids is 1. The second kappa shape index (κ2) is 9.48. The molecule has 0 radical (unpaired) electrons. The Morgan fingerprint density at radius 2 is 2.03 bits per heavy atom. The number of non-ortho nitro benzene ring substituents is 1. The molecule has 2 aromatic carbocycles. The van der Waals surface area contributed by atoms with Crippen molar-refractivity contribution in [3.8, 4) is 17.1 Å². The van der Waals surface area contributed by atoms with E-state index in [4.69, 9.17) is 9.15 Å². The number of amides is 1. The smallest absolute Gasteiger partial charge is 0.269 e. The zero-order valence-electron chi connectivity index (χ0n) is 16.9. The van der Waals surface area contributed by atoms with E-state index in [-0.39, 0.29) is 11.6 Å². The molecule has 1 amide bonds. The van der Waals surface area contributed by atoms with Crippen LogP contribution in [-0.2, 0) is 11.2 Å². The van der Waals surface area contributed by atoms with Crippen molar-refractivity contribution in [2.45, 2.75) is 11.7 Å². The number of rotatable bonds is 7. The third-order valence-electron chi connectivity index (χ3n) is 4.65. The third kappa shape index (κ3) is 5.03. The Morgan fingerprint density at radius 3 is 2.78 bits per heavy atom. The van der Waals surface area contributed by atoms with Crippen LogP contribution in [0.4, 0.5) is 5.69 Å². The van der Waals surface area contributed by atoms with E-state index in [9.17, 15) is 14.9 Å². The monoisotopic (exact) mass is 450 g/mol. The summed E-state index contributed by atoms with van der Waals surface area (Å²) in [7, 11) is 1.61. The molecule has 9 nitrogen and oxygen atoms in total. The molecule has 2 heterocycles. The van der Waals surface area contributed by atoms with Gasteiger partial charge in [0.1, 0.15) is 17.3 Å². The van der Waals surface area contributed by atoms with Gasteiger partial charge in [0.15, 0.2) is 5.17 Å². The summed E-state index contributed by atoms with van der Waals surface area (Å²) in [5.74, 6) is 1.75. The van der Waals surface area contributed by atoms with Crippen molar-refractivity contribution in [2.75, 3.05) is 7.11 Å². The first kappa shape index (κ1) is 21.3. The average molecular weight is 450 g/mol. The lowest BCUT2D eigenvalue weighted by Crippen LogP contribution is -2.25. The van der Waals surface area contributed by atoms with Crippen LogP contribution < -0.4 is 10.1 Å². The third-order valence-corrected chi connectivity index (χ3v) is 5.73. The van der Waals surface area contributed by atoms with Crippen LogP contribution in [0.1, 0.15) is 11.3 Å². The second-order valence-corrected chi connectivity index (χ2v) is 8.00. The number of amidine groups is 1. The van der Waals surface area contributed by atoms with Crippen molar-refractivity contribution in [1.82, 2.24) is 5.32 Å². The Hall–Kier alpha value is -3.92. The minimum absolute atomic E-state index is 0.00291. The van der Waals surface area contributed by atoms with E-state index in [0.717, 1.165) is 11.3 Å². The van der Waals surface area contributed by atoms with E-state index >= 15 is 0 Å². The number of thioether (sulfide) groups is 1. The molecule has 3 aromatic rings. The van der Waals surface area contributed by atoms with Crippen LogP contribution in [0.25, 0.3) is 11.3 Å². The lowest BCUT2D eigenvalue weighted by atomic mass is 10.1. The maximum absolute atomic E-state index is 12.2. The molecule has 0 saturated carbocycles. The van der Waals surface area contributed by atoms with E-state index in [1.165, 1.54) is 30.1 Å². The van der Waals surface area contributed by atoms with Crippen molar-refractivity contribution >= 4 is 34.7 Å². The Labute approximate surface area is 187 Å². The minimum Gasteiger partial charge on any atom is -0.497 e. The number of nitro benzene ring substituents is 1. The lowest BCUT2D eigenvalue weighted by molar-refractivity contribution is -0.384. The lowest BCUT2D eigenvalue weighted by Gasteiger charge is -2.04. The second-order valence-electron chi connectivity index (χ2n) is 6.81. The fourth-order valence-corrected chi connectivity index (χ4v) is 4.03. The van der Waals surface area contributed by atoms with E-state index in [1.54, 1.807) is 25.3 Å². The fourth-order valence-electron chi connectivity index (χ4n) is 3.07. The summed E-state index contributed by atoms with van der Waals surface area (Å²) in [6.07, 6.45) is 1.81. The van der Waals surface area contributed by atoms with Gasteiger partial charge in [-0.25, -0.2) is 0 Å². The number of nitrogens with zero attached hydrogens (tertiary/aromatic N) is 3. The van der Waals surface area contributed by atoms with Crippen molar-refractivity contribution in [3.05, 3.63) is 82.1 Å². The van der Waals surface area contributed by atoms with Gasteiger partial charge in [-0.2, -0.15) is 5.10 Å². The number of ether oxygens (including phenoxy) is 1. The van der Waals surface area contributed by atoms with E-state index < -0.39 is 10.2 Å². The molecule has 1 aliphatic heterocycles. The number of nitrogens with one attached hydrogen (secondary N) is 1. The summed E-state index contributed by atoms with van der Waals surface area (Å²) in [5.41, 5.74) is 1.61. The first-order valence-corrected chi connectivity index (χ1v) is 10.5. The van der Waals surface area contributed by atoms with Crippen LogP contribution in [0.3, 0.4) is 0 Å². The van der Waals surface area contributed by atoms with Gasteiger partial charge in [-0.15, -0.1) is 5.10 Å². The summed E-state index contributed by atoms with van der Waals surface area (Å²) in [6, 6.07) is 17.3. The molecule has 1 unspecified atom stereocenters. The molecule has 0 aliphatic carbocycles. The number of hydrogen-bond donors (Lipinski definition) is 1. The highest BCUT2D eigenvalue weighted by molar-refractivity contribution is 8.15. The van der Waals surface area contributed by atoms with Crippen LogP contribution in [-0.4, -0.2) is 34.6 Å². The molecule has 1 N–H and O–H groups in total. The van der Waals surface area contributed by atoms with Crippen LogP contribution in [0.2, 0.25) is 0 Å². The molecule has 32 heavy (non-hydrogen) atoms. The highest BCUT2D eigenvalue weighted by atomic mass is 32.2. The number of carbonyl (C=O) groups is 1. The molecule has 10 heteroatoms. The van der Waals surface area contributed by atoms with Gasteiger partial charge in [0, 0.05) is 17.7 Å². The molecule has 1 fully saturated rings. The molecule has 1 saturated heterocycles. The number of nitro groups is 1. The largest absolute Gasteiger partial charge is 0.497 e. The molecule has 1 atom stereocenters. The zero-order valence-corrected chi connectivity index (χ0v) is 17.7. The first-order chi connectivity index (χ1) is 15.5. The zero-order chi connectivity index (χ0) is 22.5. The molecule has 1 aromatic heterocycles. The van der Waals surface area contributed by atoms with Gasteiger partial charge in [-0.3, -0.25) is 14.9 Å². The molecule has 0 bridgehead atoms. The van der Waals surface area contributed by atoms with E-state index in [1.807, 2.05) is 30.3 Å². The quantitative estimate of drug-likeness (QED) is 0.330. The minimum atomic E-state index is -0.457. The van der Waals surface area contributed by atoms with E-state index in [0.29, 0.717) is 28.7 Å². The molecule has 4 rings (SSSR count). The van der Waals surface area contributed by atoms with E-state index in [2.05, 4.69) is 15.5 Å². The normalized spacial score (nSPS) is 17.1. The predicted octanol–water partition coefficient (Wildman–Crippen LogP) is 4.03. The number of methoxy groups -OCH3 is 1. The summed E-state index contributed by atoms with van der Waals surface area (Å²) in [4.78, 5) is 22.7. The Morgan fingerprint density at radius 1 is 1.22 bits per heavy atom. The number of benzene rings is 2. The highest BCUT2D eigenvalue weighted by Gasteiger charge is 2.30. The van der Waals surface area contributed by atoms with Crippen molar-refractivity contribution < 1.29 is 18.9 Å². The molecular weight excluding hydrogens is 432 g/mol. The average Bonchev–Trinajstić information content (AvgIpc) is 3.41. The number of hydrogen-bond acceptors (Lipinski definition) is 8. The topological polar surface area (TPSA) is 119 Å². The molecular formula is C22H18N4O5S. The Balaban J connectivity index is 1.38. The fraction of sp³-hybridized carbons (Fsp3) is 0.136. The summed E-state index contributed by atoms with van der Waals surface area (Å²) >= 11 is 1.23. The van der Waals surface area contributed by atoms with Crippen molar-refractivity contribution in [2.24, 2.45) is 10.2 Å². The van der Waals surface area contributed by atoms with Crippen LogP contribution in [0.5, 0.6) is 5.75 Å². The van der Waals surface area contributed by atoms with Gasteiger partial charge in [0.25, 0.3) is 5.69 Å². The van der Waals surface area contributed by atoms with Crippen LogP contribution in [0, 0.1) is 10.1 Å². The predicted molar refractivity (Wildman–Crippen MR) is 122 cm³/mol. The van der Waals surface area contributed by atoms with Crippen molar-refractivity contribution in [1.29, 1.82) is 0 Å².